The molecule has 1 aliphatic rings. The second-order valence-electron chi connectivity index (χ2n) is 5.64. The normalized spacial score (nSPS) is 16.8. The van der Waals surface area contributed by atoms with E-state index in [-0.39, 0.29) is 11.9 Å². The van der Waals surface area contributed by atoms with E-state index in [1.807, 2.05) is 18.2 Å². The maximum Gasteiger partial charge on any atom is 0.163 e. The van der Waals surface area contributed by atoms with Crippen molar-refractivity contribution in [2.24, 2.45) is 0 Å². The van der Waals surface area contributed by atoms with Crippen LogP contribution in [0.15, 0.2) is 36.4 Å². The molecule has 118 valence electrons. The fourth-order valence-electron chi connectivity index (χ4n) is 2.87. The van der Waals surface area contributed by atoms with Crippen molar-refractivity contribution >= 4 is 5.82 Å². The van der Waals surface area contributed by atoms with E-state index >= 15 is 0 Å². The number of anilines is 1. The molecule has 2 heterocycles. The number of benzene rings is 1. The van der Waals surface area contributed by atoms with Gasteiger partial charge in [-0.15, -0.1) is 10.2 Å². The SMILES string of the molecule is C[C@H](c1cccc(F)c1)N1CCN(c2ccc(C#N)nn2)CC1. The molecule has 1 saturated heterocycles. The molecule has 1 aliphatic heterocycles. The zero-order chi connectivity index (χ0) is 16.2. The van der Waals surface area contributed by atoms with Crippen LogP contribution in [0.1, 0.15) is 24.2 Å². The summed E-state index contributed by atoms with van der Waals surface area (Å²) in [6, 6.07) is 12.5. The molecular formula is C17H18FN5. The Morgan fingerprint density at radius 2 is 1.91 bits per heavy atom. The standard InChI is InChI=1S/C17H18FN5/c1-13(14-3-2-4-15(18)11-14)22-7-9-23(10-8-22)17-6-5-16(12-19)20-21-17/h2-6,11,13H,7-10H2,1H3/t13-/m1/s1. The lowest BCUT2D eigenvalue weighted by Gasteiger charge is -2.38. The first kappa shape index (κ1) is 15.4. The minimum atomic E-state index is -0.194. The first-order valence-electron chi connectivity index (χ1n) is 7.65. The predicted octanol–water partition coefficient (Wildman–Crippen LogP) is 2.37. The van der Waals surface area contributed by atoms with Crippen LogP contribution in [0.4, 0.5) is 10.2 Å². The van der Waals surface area contributed by atoms with Crippen LogP contribution in [0.25, 0.3) is 0 Å². The van der Waals surface area contributed by atoms with Gasteiger partial charge in [-0.2, -0.15) is 5.26 Å². The molecule has 0 bridgehead atoms. The number of rotatable bonds is 3. The van der Waals surface area contributed by atoms with E-state index in [1.165, 1.54) is 6.07 Å². The van der Waals surface area contributed by atoms with Crippen molar-refractivity contribution in [3.63, 3.8) is 0 Å². The third-order valence-electron chi connectivity index (χ3n) is 4.28. The number of hydrogen-bond acceptors (Lipinski definition) is 5. The van der Waals surface area contributed by atoms with Crippen molar-refractivity contribution in [1.82, 2.24) is 15.1 Å². The molecule has 0 aliphatic carbocycles. The highest BCUT2D eigenvalue weighted by atomic mass is 19.1. The van der Waals surface area contributed by atoms with Gasteiger partial charge in [0.2, 0.25) is 0 Å². The summed E-state index contributed by atoms with van der Waals surface area (Å²) in [7, 11) is 0. The van der Waals surface area contributed by atoms with Gasteiger partial charge in [0.25, 0.3) is 0 Å². The third kappa shape index (κ3) is 3.46. The summed E-state index contributed by atoms with van der Waals surface area (Å²) in [6.45, 7) is 5.52. The van der Waals surface area contributed by atoms with Gasteiger partial charge in [-0.1, -0.05) is 12.1 Å². The third-order valence-corrected chi connectivity index (χ3v) is 4.28. The number of aromatic nitrogens is 2. The summed E-state index contributed by atoms with van der Waals surface area (Å²) in [5.41, 5.74) is 1.32. The monoisotopic (exact) mass is 311 g/mol. The molecule has 1 aromatic carbocycles. The van der Waals surface area contributed by atoms with Crippen molar-refractivity contribution in [3.8, 4) is 6.07 Å². The van der Waals surface area contributed by atoms with E-state index in [0.717, 1.165) is 37.6 Å². The van der Waals surface area contributed by atoms with Crippen molar-refractivity contribution in [2.45, 2.75) is 13.0 Å². The summed E-state index contributed by atoms with van der Waals surface area (Å²) in [5, 5.41) is 16.7. The van der Waals surface area contributed by atoms with E-state index in [0.29, 0.717) is 5.69 Å². The highest BCUT2D eigenvalue weighted by Crippen LogP contribution is 2.23. The lowest BCUT2D eigenvalue weighted by molar-refractivity contribution is 0.198. The second-order valence-corrected chi connectivity index (χ2v) is 5.64. The fourth-order valence-corrected chi connectivity index (χ4v) is 2.87. The molecule has 1 atom stereocenters. The number of halogens is 1. The largest absolute Gasteiger partial charge is 0.353 e. The van der Waals surface area contributed by atoms with Gasteiger partial charge in [0.15, 0.2) is 11.5 Å². The van der Waals surface area contributed by atoms with Gasteiger partial charge in [-0.3, -0.25) is 4.90 Å². The van der Waals surface area contributed by atoms with Gasteiger partial charge in [0, 0.05) is 32.2 Å². The number of nitrogens with zero attached hydrogens (tertiary/aromatic N) is 5. The lowest BCUT2D eigenvalue weighted by atomic mass is 10.1. The molecule has 5 nitrogen and oxygen atoms in total. The van der Waals surface area contributed by atoms with Gasteiger partial charge in [0.05, 0.1) is 0 Å². The molecule has 3 rings (SSSR count). The molecule has 6 heteroatoms. The molecule has 0 saturated carbocycles. The maximum atomic E-state index is 13.4. The molecule has 1 fully saturated rings. The van der Waals surface area contributed by atoms with Crippen molar-refractivity contribution in [1.29, 1.82) is 5.26 Å². The Bertz CT molecular complexity index is 702. The summed E-state index contributed by atoms with van der Waals surface area (Å²) >= 11 is 0. The highest BCUT2D eigenvalue weighted by Gasteiger charge is 2.23. The Kier molecular flexibility index (Phi) is 4.49. The van der Waals surface area contributed by atoms with Crippen LogP contribution in [-0.4, -0.2) is 41.3 Å². The van der Waals surface area contributed by atoms with E-state index in [9.17, 15) is 4.39 Å². The van der Waals surface area contributed by atoms with Gasteiger partial charge in [-0.05, 0) is 36.8 Å². The Labute approximate surface area is 135 Å². The van der Waals surface area contributed by atoms with Crippen LogP contribution in [0.3, 0.4) is 0 Å². The van der Waals surface area contributed by atoms with E-state index in [4.69, 9.17) is 5.26 Å². The van der Waals surface area contributed by atoms with Gasteiger partial charge in [0.1, 0.15) is 11.9 Å². The van der Waals surface area contributed by atoms with Crippen LogP contribution in [0.5, 0.6) is 0 Å². The maximum absolute atomic E-state index is 13.4. The first-order valence-corrected chi connectivity index (χ1v) is 7.65. The number of hydrogen-bond donors (Lipinski definition) is 0. The minimum absolute atomic E-state index is 0.180. The topological polar surface area (TPSA) is 56.0 Å². The molecule has 2 aromatic rings. The average Bonchev–Trinajstić information content (AvgIpc) is 2.61. The molecule has 0 amide bonds. The van der Waals surface area contributed by atoms with Crippen LogP contribution < -0.4 is 4.90 Å². The van der Waals surface area contributed by atoms with E-state index < -0.39 is 0 Å². The summed E-state index contributed by atoms with van der Waals surface area (Å²) in [5.74, 6) is 0.600. The molecule has 0 spiro atoms. The predicted molar refractivity (Wildman–Crippen MR) is 85.3 cm³/mol. The van der Waals surface area contributed by atoms with Crippen molar-refractivity contribution in [3.05, 3.63) is 53.5 Å². The summed E-state index contributed by atoms with van der Waals surface area (Å²) < 4.78 is 13.4. The zero-order valence-electron chi connectivity index (χ0n) is 13.0. The first-order chi connectivity index (χ1) is 11.2. The van der Waals surface area contributed by atoms with Gasteiger partial charge >= 0.3 is 0 Å². The Hall–Kier alpha value is -2.52. The zero-order valence-corrected chi connectivity index (χ0v) is 13.0. The Morgan fingerprint density at radius 3 is 2.52 bits per heavy atom. The smallest absolute Gasteiger partial charge is 0.163 e. The number of nitriles is 1. The molecule has 23 heavy (non-hydrogen) atoms. The Balaban J connectivity index is 1.62. The minimum Gasteiger partial charge on any atom is -0.353 e. The molecule has 0 radical (unpaired) electrons. The molecule has 0 unspecified atom stereocenters. The second kappa shape index (κ2) is 6.71. The molecule has 1 aromatic heterocycles. The van der Waals surface area contributed by atoms with Crippen LogP contribution in [0.2, 0.25) is 0 Å². The summed E-state index contributed by atoms with van der Waals surface area (Å²) in [6.07, 6.45) is 0. The molecular weight excluding hydrogens is 293 g/mol. The van der Waals surface area contributed by atoms with Crippen molar-refractivity contribution in [2.75, 3.05) is 31.1 Å². The van der Waals surface area contributed by atoms with Crippen LogP contribution in [-0.2, 0) is 0 Å². The Morgan fingerprint density at radius 1 is 1.13 bits per heavy atom. The van der Waals surface area contributed by atoms with Crippen LogP contribution >= 0.6 is 0 Å². The van der Waals surface area contributed by atoms with Gasteiger partial charge < -0.3 is 4.90 Å². The van der Waals surface area contributed by atoms with Crippen LogP contribution in [0, 0.1) is 17.1 Å². The quantitative estimate of drug-likeness (QED) is 0.871. The average molecular weight is 311 g/mol. The van der Waals surface area contributed by atoms with Gasteiger partial charge in [-0.25, -0.2) is 4.39 Å². The highest BCUT2D eigenvalue weighted by molar-refractivity contribution is 5.39. The lowest BCUT2D eigenvalue weighted by Crippen LogP contribution is -2.47. The van der Waals surface area contributed by atoms with Crippen molar-refractivity contribution < 1.29 is 4.39 Å². The van der Waals surface area contributed by atoms with E-state index in [1.54, 1.807) is 18.2 Å². The summed E-state index contributed by atoms with van der Waals surface area (Å²) in [4.78, 5) is 4.49. The number of piperazine rings is 1. The molecule has 0 N–H and O–H groups in total. The van der Waals surface area contributed by atoms with E-state index in [2.05, 4.69) is 26.9 Å². The fraction of sp³-hybridized carbons (Fsp3) is 0.353.